The molecule has 1 saturated heterocycles. The molecule has 0 bridgehead atoms. The van der Waals surface area contributed by atoms with E-state index in [4.69, 9.17) is 26.6 Å². The molecular weight excluding hydrogens is 1040 g/mol. The summed E-state index contributed by atoms with van der Waals surface area (Å²) in [5.74, 6) is 0. The predicted octanol–water partition coefficient (Wildman–Crippen LogP) is 21.6. The highest BCUT2D eigenvalue weighted by atomic mass is 28.4. The summed E-state index contributed by atoms with van der Waals surface area (Å²) in [7, 11) is -5.74. The second kappa shape index (κ2) is 62.6. The van der Waals surface area contributed by atoms with E-state index in [2.05, 4.69) is 124 Å². The minimum absolute atomic E-state index is 0.712. The topological polar surface area (TPSA) is 61.9 Å². The van der Waals surface area contributed by atoms with Gasteiger partial charge in [-0.1, -0.05) is 192 Å². The Hall–Kier alpha value is -1.45. The van der Waals surface area contributed by atoms with Crippen LogP contribution in [-0.4, -0.2) is 106 Å². The standard InChI is InChI=1S/C72H138N2O6Si2/c1-7-13-19-25-31-37-43-51-65-75-81(76-66-52-44-38-32-26-20-14-8-2,77-67-53-45-39-33-27-21-15-9-3)71-57-49-59-73-61-63-74(64-62-73)60-50-58-72-82(78-68-54-46-40-34-28-22-16-10-4,79-69-55-47-41-35-29-23-17-11-5)80-70-56-48-42-36-30-24-18-12-6/h31-42H,7-30,43-72H2,1-6H3/b37-31-,38-32-,39-33-,40-34-,41-35-,42-36-. The molecule has 10 heteroatoms. The molecule has 0 unspecified atom stereocenters. The van der Waals surface area contributed by atoms with E-state index in [9.17, 15) is 0 Å². The highest BCUT2D eigenvalue weighted by Gasteiger charge is 2.42. The van der Waals surface area contributed by atoms with Crippen molar-refractivity contribution in [3.05, 3.63) is 72.9 Å². The zero-order valence-electron chi connectivity index (χ0n) is 55.5. The van der Waals surface area contributed by atoms with Gasteiger partial charge in [0.25, 0.3) is 0 Å². The number of hydrogen-bond donors (Lipinski definition) is 0. The maximum atomic E-state index is 6.91. The van der Waals surface area contributed by atoms with Crippen molar-refractivity contribution in [1.29, 1.82) is 0 Å². The third-order valence-corrected chi connectivity index (χ3v) is 21.5. The van der Waals surface area contributed by atoms with Crippen molar-refractivity contribution in [2.75, 3.05) is 78.9 Å². The molecule has 0 spiro atoms. The summed E-state index contributed by atoms with van der Waals surface area (Å²) in [6, 6.07) is 1.81. The summed E-state index contributed by atoms with van der Waals surface area (Å²) in [6.45, 7) is 24.7. The first kappa shape index (κ1) is 78.6. The normalized spacial score (nSPS) is 14.4. The number of rotatable bonds is 64. The minimum atomic E-state index is -2.87. The molecule has 0 radical (unpaired) electrons. The number of allylic oxidation sites excluding steroid dienone is 12. The first-order valence-electron chi connectivity index (χ1n) is 35.7. The lowest BCUT2D eigenvalue weighted by Crippen LogP contribution is -2.48. The molecule has 0 aliphatic carbocycles. The average molecular weight is 1180 g/mol. The second-order valence-corrected chi connectivity index (χ2v) is 29.2. The number of nitrogens with zero attached hydrogens (tertiary/aromatic N) is 2. The van der Waals surface area contributed by atoms with Crippen LogP contribution in [0.5, 0.6) is 0 Å². The van der Waals surface area contributed by atoms with E-state index in [1.165, 1.54) is 154 Å². The third kappa shape index (κ3) is 50.7. The fraction of sp³-hybridized carbons (Fsp3) is 0.833. The molecule has 0 saturated carbocycles. The van der Waals surface area contributed by atoms with Crippen LogP contribution in [0, 0.1) is 0 Å². The van der Waals surface area contributed by atoms with Gasteiger partial charge in [0, 0.05) is 77.9 Å². The van der Waals surface area contributed by atoms with Gasteiger partial charge in [0.05, 0.1) is 0 Å². The summed E-state index contributed by atoms with van der Waals surface area (Å²) in [4.78, 5) is 5.40. The van der Waals surface area contributed by atoms with E-state index in [1.54, 1.807) is 0 Å². The molecule has 480 valence electrons. The molecule has 1 fully saturated rings. The molecule has 1 heterocycles. The largest absolute Gasteiger partial charge is 0.500 e. The Labute approximate surface area is 513 Å². The van der Waals surface area contributed by atoms with Crippen molar-refractivity contribution in [1.82, 2.24) is 9.80 Å². The molecule has 0 N–H and O–H groups in total. The van der Waals surface area contributed by atoms with Gasteiger partial charge in [0.1, 0.15) is 0 Å². The SMILES string of the molecule is CCCCC/C=C\CCCO[Si](CCCCN1CCN(CCCC[Si](OCCC/C=C\CCCCC)(OCCC/C=C\CCCCC)OCCC/C=C\CCCCC)CC1)(OCCC/C=C\CCCCC)OCCC/C=C\CCCCC. The molecule has 1 aliphatic rings. The number of piperazine rings is 1. The van der Waals surface area contributed by atoms with Gasteiger partial charge in [0.2, 0.25) is 0 Å². The third-order valence-electron chi connectivity index (χ3n) is 15.7. The van der Waals surface area contributed by atoms with E-state index in [-0.39, 0.29) is 0 Å². The fourth-order valence-electron chi connectivity index (χ4n) is 10.3. The minimum Gasteiger partial charge on any atom is -0.373 e. The molecule has 0 aromatic heterocycles. The van der Waals surface area contributed by atoms with Crippen molar-refractivity contribution < 1.29 is 26.6 Å². The van der Waals surface area contributed by atoms with Crippen LogP contribution in [0.3, 0.4) is 0 Å². The highest BCUT2D eigenvalue weighted by Crippen LogP contribution is 2.25. The Bertz CT molecular complexity index is 1230. The summed E-state index contributed by atoms with van der Waals surface area (Å²) in [5.41, 5.74) is 0. The van der Waals surface area contributed by atoms with E-state index in [0.29, 0.717) is 39.6 Å². The quantitative estimate of drug-likeness (QED) is 0.0339. The van der Waals surface area contributed by atoms with Crippen molar-refractivity contribution in [3.63, 3.8) is 0 Å². The summed E-state index contributed by atoms with van der Waals surface area (Å²) in [6.07, 6.45) is 75.7. The van der Waals surface area contributed by atoms with E-state index < -0.39 is 17.6 Å². The lowest BCUT2D eigenvalue weighted by Gasteiger charge is -2.35. The van der Waals surface area contributed by atoms with Crippen LogP contribution in [-0.2, 0) is 26.6 Å². The molecular formula is C72H138N2O6Si2. The Balaban J connectivity index is 2.96. The van der Waals surface area contributed by atoms with Crippen molar-refractivity contribution in [2.24, 2.45) is 0 Å². The zero-order valence-corrected chi connectivity index (χ0v) is 57.5. The van der Waals surface area contributed by atoms with Gasteiger partial charge in [-0.3, -0.25) is 0 Å². The monoisotopic (exact) mass is 1180 g/mol. The van der Waals surface area contributed by atoms with Crippen molar-refractivity contribution >= 4 is 17.6 Å². The summed E-state index contributed by atoms with van der Waals surface area (Å²) >= 11 is 0. The van der Waals surface area contributed by atoms with Crippen LogP contribution in [0.25, 0.3) is 0 Å². The molecule has 0 amide bonds. The number of hydrogen-bond acceptors (Lipinski definition) is 8. The van der Waals surface area contributed by atoms with Gasteiger partial charge in [0.15, 0.2) is 0 Å². The Morgan fingerprint density at radius 3 is 0.598 bits per heavy atom. The van der Waals surface area contributed by atoms with E-state index in [1.807, 2.05) is 0 Å². The van der Waals surface area contributed by atoms with E-state index in [0.717, 1.165) is 154 Å². The number of unbranched alkanes of at least 4 members (excludes halogenated alkanes) is 26. The maximum Gasteiger partial charge on any atom is 0.500 e. The maximum absolute atomic E-state index is 6.91. The average Bonchev–Trinajstić information content (AvgIpc) is 3.49. The van der Waals surface area contributed by atoms with Crippen LogP contribution >= 0.6 is 0 Å². The summed E-state index contributed by atoms with van der Waals surface area (Å²) < 4.78 is 41.5. The van der Waals surface area contributed by atoms with Crippen molar-refractivity contribution in [3.8, 4) is 0 Å². The lowest BCUT2D eigenvalue weighted by molar-refractivity contribution is 0.0551. The van der Waals surface area contributed by atoms with Crippen LogP contribution in [0.4, 0.5) is 0 Å². The van der Waals surface area contributed by atoms with Gasteiger partial charge in [-0.05, 0) is 193 Å². The summed E-state index contributed by atoms with van der Waals surface area (Å²) in [5, 5.41) is 0. The zero-order chi connectivity index (χ0) is 59.1. The molecule has 8 nitrogen and oxygen atoms in total. The lowest BCUT2D eigenvalue weighted by atomic mass is 10.2. The molecule has 0 aromatic rings. The van der Waals surface area contributed by atoms with Crippen LogP contribution in [0.15, 0.2) is 72.9 Å². The van der Waals surface area contributed by atoms with Gasteiger partial charge in [-0.15, -0.1) is 0 Å². The van der Waals surface area contributed by atoms with Crippen LogP contribution in [0.2, 0.25) is 12.1 Å². The molecule has 0 aromatic carbocycles. The van der Waals surface area contributed by atoms with Gasteiger partial charge in [-0.25, -0.2) is 0 Å². The van der Waals surface area contributed by atoms with Crippen molar-refractivity contribution in [2.45, 2.75) is 310 Å². The first-order chi connectivity index (χ1) is 40.5. The Kier molecular flexibility index (Phi) is 60.0. The molecule has 1 aliphatic heterocycles. The van der Waals surface area contributed by atoms with Gasteiger partial charge >= 0.3 is 17.6 Å². The predicted molar refractivity (Wildman–Crippen MR) is 363 cm³/mol. The fourth-order valence-corrected chi connectivity index (χ4v) is 15.8. The molecule has 0 atom stereocenters. The molecule has 1 rings (SSSR count). The second-order valence-electron chi connectivity index (χ2n) is 23.7. The Morgan fingerprint density at radius 1 is 0.232 bits per heavy atom. The van der Waals surface area contributed by atoms with E-state index >= 15 is 0 Å². The Morgan fingerprint density at radius 2 is 0.415 bits per heavy atom. The highest BCUT2D eigenvalue weighted by molar-refractivity contribution is 6.61. The van der Waals surface area contributed by atoms with Gasteiger partial charge < -0.3 is 36.4 Å². The smallest absolute Gasteiger partial charge is 0.373 e. The van der Waals surface area contributed by atoms with Gasteiger partial charge in [-0.2, -0.15) is 0 Å². The van der Waals surface area contributed by atoms with Crippen LogP contribution in [0.1, 0.15) is 298 Å². The van der Waals surface area contributed by atoms with Crippen LogP contribution < -0.4 is 0 Å². The first-order valence-corrected chi connectivity index (χ1v) is 39.6. The molecule has 82 heavy (non-hydrogen) atoms.